The molecule has 0 spiro atoms. The quantitative estimate of drug-likeness (QED) is 0.721. The Hall–Kier alpha value is -3.09. The van der Waals surface area contributed by atoms with Crippen LogP contribution in [0.2, 0.25) is 0 Å². The van der Waals surface area contributed by atoms with Crippen LogP contribution in [0.15, 0.2) is 42.5 Å². The summed E-state index contributed by atoms with van der Waals surface area (Å²) >= 11 is 0. The van der Waals surface area contributed by atoms with Crippen molar-refractivity contribution in [2.45, 2.75) is 64.6 Å². The highest BCUT2D eigenvalue weighted by Gasteiger charge is 2.39. The first-order valence-electron chi connectivity index (χ1n) is 12.2. The molecule has 0 aromatic heterocycles. The molecule has 2 aliphatic rings. The number of nitrogens with one attached hydrogen (secondary N) is 1. The van der Waals surface area contributed by atoms with Gasteiger partial charge in [0.25, 0.3) is 0 Å². The van der Waals surface area contributed by atoms with Gasteiger partial charge in [-0.15, -0.1) is 0 Å². The second-order valence-electron chi connectivity index (χ2n) is 10.4. The molecule has 4 rings (SSSR count). The van der Waals surface area contributed by atoms with Crippen LogP contribution in [0.3, 0.4) is 0 Å². The summed E-state index contributed by atoms with van der Waals surface area (Å²) in [7, 11) is 0. The van der Waals surface area contributed by atoms with E-state index in [9.17, 15) is 14.4 Å². The molecule has 0 unspecified atom stereocenters. The maximum Gasteiger partial charge on any atom is 0.407 e. The van der Waals surface area contributed by atoms with Gasteiger partial charge in [-0.05, 0) is 68.4 Å². The number of carbonyl (C=O) groups excluding carboxylic acids is 3. The molecule has 2 aromatic carbocycles. The van der Waals surface area contributed by atoms with E-state index in [1.165, 1.54) is 0 Å². The third-order valence-corrected chi connectivity index (χ3v) is 6.54. The first-order valence-corrected chi connectivity index (χ1v) is 12.2. The summed E-state index contributed by atoms with van der Waals surface area (Å²) in [6.07, 6.45) is 2.37. The van der Waals surface area contributed by atoms with Crippen molar-refractivity contribution in [3.63, 3.8) is 0 Å². The number of carbonyl (C=O) groups is 3. The van der Waals surface area contributed by atoms with Gasteiger partial charge in [-0.25, -0.2) is 4.79 Å². The standard InChI is InChI=1S/C27H35N3O4/c1-27(2,3)34-26(33)28-16-20-7-6-14-29(17-20)25(32)23-12-13-24(31)30(23)18-19-10-11-21-8-4-5-9-22(21)15-19/h4-5,8-11,15,20,23H,6-7,12-14,16-18H2,1-3H3,(H,28,33)/t20-,23-/m0/s1. The molecule has 34 heavy (non-hydrogen) atoms. The lowest BCUT2D eigenvalue weighted by molar-refractivity contribution is -0.143. The minimum Gasteiger partial charge on any atom is -0.444 e. The Morgan fingerprint density at radius 1 is 1.09 bits per heavy atom. The number of nitrogens with zero attached hydrogens (tertiary/aromatic N) is 2. The number of hydrogen-bond donors (Lipinski definition) is 1. The van der Waals surface area contributed by atoms with Gasteiger partial charge in [0.1, 0.15) is 11.6 Å². The average molecular weight is 466 g/mol. The van der Waals surface area contributed by atoms with Crippen molar-refractivity contribution in [2.24, 2.45) is 5.92 Å². The van der Waals surface area contributed by atoms with Crippen molar-refractivity contribution in [2.75, 3.05) is 19.6 Å². The number of rotatable bonds is 5. The fourth-order valence-corrected chi connectivity index (χ4v) is 4.91. The second kappa shape index (κ2) is 10.0. The maximum atomic E-state index is 13.5. The largest absolute Gasteiger partial charge is 0.444 e. The minimum atomic E-state index is -0.540. The van der Waals surface area contributed by atoms with E-state index in [1.54, 1.807) is 4.90 Å². The molecule has 0 radical (unpaired) electrons. The second-order valence-corrected chi connectivity index (χ2v) is 10.4. The predicted molar refractivity (Wildman–Crippen MR) is 131 cm³/mol. The fourth-order valence-electron chi connectivity index (χ4n) is 4.91. The summed E-state index contributed by atoms with van der Waals surface area (Å²) < 4.78 is 5.32. The lowest BCUT2D eigenvalue weighted by Gasteiger charge is -2.36. The molecular formula is C27H35N3O4. The van der Waals surface area contributed by atoms with Crippen molar-refractivity contribution >= 4 is 28.7 Å². The fraction of sp³-hybridized carbons (Fsp3) is 0.519. The maximum absolute atomic E-state index is 13.5. The SMILES string of the molecule is CC(C)(C)OC(=O)NC[C@@H]1CCCN(C(=O)[C@@H]2CCC(=O)N2Cc2ccc3ccccc3c2)C1. The summed E-state index contributed by atoms with van der Waals surface area (Å²) in [5.74, 6) is 0.233. The molecule has 2 saturated heterocycles. The van der Waals surface area contributed by atoms with Gasteiger partial charge in [0.15, 0.2) is 0 Å². The monoisotopic (exact) mass is 465 g/mol. The van der Waals surface area contributed by atoms with Crippen molar-refractivity contribution < 1.29 is 19.1 Å². The highest BCUT2D eigenvalue weighted by Crippen LogP contribution is 2.27. The van der Waals surface area contributed by atoms with E-state index < -0.39 is 17.7 Å². The van der Waals surface area contributed by atoms with E-state index in [4.69, 9.17) is 4.74 Å². The van der Waals surface area contributed by atoms with Gasteiger partial charge in [0.2, 0.25) is 11.8 Å². The lowest BCUT2D eigenvalue weighted by atomic mass is 9.97. The molecule has 2 fully saturated rings. The molecule has 0 bridgehead atoms. The topological polar surface area (TPSA) is 79.0 Å². The highest BCUT2D eigenvalue weighted by molar-refractivity contribution is 5.91. The Balaban J connectivity index is 1.37. The highest BCUT2D eigenvalue weighted by atomic mass is 16.6. The zero-order valence-electron chi connectivity index (χ0n) is 20.4. The molecule has 0 aliphatic carbocycles. The molecule has 7 nitrogen and oxygen atoms in total. The van der Waals surface area contributed by atoms with E-state index in [0.717, 1.165) is 29.2 Å². The Labute approximate surface area is 201 Å². The summed E-state index contributed by atoms with van der Waals surface area (Å²) in [6, 6.07) is 13.9. The van der Waals surface area contributed by atoms with Crippen molar-refractivity contribution in [3.8, 4) is 0 Å². The number of benzene rings is 2. The number of alkyl carbamates (subject to hydrolysis) is 1. The Morgan fingerprint density at radius 2 is 1.85 bits per heavy atom. The van der Waals surface area contributed by atoms with Crippen LogP contribution in [-0.2, 0) is 20.9 Å². The summed E-state index contributed by atoms with van der Waals surface area (Å²) in [5, 5.41) is 5.13. The molecule has 3 amide bonds. The number of likely N-dealkylation sites (tertiary alicyclic amines) is 2. The molecule has 0 saturated carbocycles. The van der Waals surface area contributed by atoms with Gasteiger partial charge in [-0.3, -0.25) is 9.59 Å². The average Bonchev–Trinajstić information content (AvgIpc) is 3.16. The van der Waals surface area contributed by atoms with Crippen molar-refractivity contribution in [1.82, 2.24) is 15.1 Å². The van der Waals surface area contributed by atoms with E-state index in [-0.39, 0.29) is 17.7 Å². The Bertz CT molecular complexity index is 1060. The minimum absolute atomic E-state index is 0.0219. The molecular weight excluding hydrogens is 430 g/mol. The van der Waals surface area contributed by atoms with Gasteiger partial charge in [-0.2, -0.15) is 0 Å². The first-order chi connectivity index (χ1) is 16.2. The smallest absolute Gasteiger partial charge is 0.407 e. The van der Waals surface area contributed by atoms with E-state index >= 15 is 0 Å². The van der Waals surface area contributed by atoms with Crippen molar-refractivity contribution in [3.05, 3.63) is 48.0 Å². The molecule has 2 heterocycles. The van der Waals surface area contributed by atoms with Gasteiger partial charge in [0.05, 0.1) is 0 Å². The summed E-state index contributed by atoms with van der Waals surface area (Å²) in [5.41, 5.74) is 0.493. The van der Waals surface area contributed by atoms with E-state index in [2.05, 4.69) is 29.6 Å². The normalized spacial score (nSPS) is 21.1. The third kappa shape index (κ3) is 5.88. The van der Waals surface area contributed by atoms with Gasteiger partial charge < -0.3 is 19.9 Å². The van der Waals surface area contributed by atoms with Crippen LogP contribution in [0.5, 0.6) is 0 Å². The number of fused-ring (bicyclic) bond motifs is 1. The van der Waals surface area contributed by atoms with E-state index in [1.807, 2.05) is 43.9 Å². The molecule has 182 valence electrons. The van der Waals surface area contributed by atoms with Gasteiger partial charge in [0, 0.05) is 32.6 Å². The van der Waals surface area contributed by atoms with Crippen LogP contribution >= 0.6 is 0 Å². The van der Waals surface area contributed by atoms with Crippen molar-refractivity contribution in [1.29, 1.82) is 0 Å². The summed E-state index contributed by atoms with van der Waals surface area (Å²) in [4.78, 5) is 41.8. The summed E-state index contributed by atoms with van der Waals surface area (Å²) in [6.45, 7) is 7.69. The molecule has 2 atom stereocenters. The zero-order valence-corrected chi connectivity index (χ0v) is 20.4. The van der Waals surface area contributed by atoms with Gasteiger partial charge in [-0.1, -0.05) is 36.4 Å². The number of ether oxygens (including phenoxy) is 1. The van der Waals surface area contributed by atoms with Crippen LogP contribution < -0.4 is 5.32 Å². The van der Waals surface area contributed by atoms with E-state index in [0.29, 0.717) is 39.0 Å². The molecule has 2 aliphatic heterocycles. The zero-order chi connectivity index (χ0) is 24.3. The predicted octanol–water partition coefficient (Wildman–Crippen LogP) is 4.09. The Morgan fingerprint density at radius 3 is 2.62 bits per heavy atom. The lowest BCUT2D eigenvalue weighted by Crippen LogP contribution is -2.51. The Kier molecular flexibility index (Phi) is 7.10. The first kappa shape index (κ1) is 24.0. The third-order valence-electron chi connectivity index (χ3n) is 6.54. The van der Waals surface area contributed by atoms with Crippen LogP contribution in [0.25, 0.3) is 10.8 Å². The molecule has 2 aromatic rings. The van der Waals surface area contributed by atoms with Crippen LogP contribution in [0.1, 0.15) is 52.0 Å². The number of piperidine rings is 1. The molecule has 1 N–H and O–H groups in total. The molecule has 7 heteroatoms. The number of amides is 3. The van der Waals surface area contributed by atoms with Crippen LogP contribution in [0.4, 0.5) is 4.79 Å². The van der Waals surface area contributed by atoms with Gasteiger partial charge >= 0.3 is 6.09 Å². The number of hydrogen-bond acceptors (Lipinski definition) is 4. The van der Waals surface area contributed by atoms with Crippen LogP contribution in [-0.4, -0.2) is 59.0 Å². The van der Waals surface area contributed by atoms with Crippen LogP contribution in [0, 0.1) is 5.92 Å².